The summed E-state index contributed by atoms with van der Waals surface area (Å²) in [6.07, 6.45) is 5.39. The number of amides is 1. The zero-order valence-corrected chi connectivity index (χ0v) is 21.6. The number of nitrogens with zero attached hydrogens (tertiary/aromatic N) is 2. The Kier molecular flexibility index (Phi) is 7.42. The highest BCUT2D eigenvalue weighted by Gasteiger charge is 2.29. The molecule has 1 saturated carbocycles. The number of nitrogens with one attached hydrogen (secondary N) is 1. The summed E-state index contributed by atoms with van der Waals surface area (Å²) in [4.78, 5) is 30.3. The normalized spacial score (nSPS) is 13.7. The van der Waals surface area contributed by atoms with Gasteiger partial charge in [0.25, 0.3) is 10.0 Å². The van der Waals surface area contributed by atoms with Crippen LogP contribution in [0.5, 0.6) is 0 Å². The quantitative estimate of drug-likeness (QED) is 0.381. The number of hydrogen-bond donors (Lipinski definition) is 1. The number of ketones is 1. The smallest absolute Gasteiger partial charge is 0.421 e. The van der Waals surface area contributed by atoms with Crippen molar-refractivity contribution in [2.45, 2.75) is 56.7 Å². The molecular weight excluding hydrogens is 486 g/mol. The Bertz CT molecular complexity index is 1340. The molecule has 1 fully saturated rings. The van der Waals surface area contributed by atoms with E-state index in [-0.39, 0.29) is 23.1 Å². The van der Waals surface area contributed by atoms with Gasteiger partial charge in [-0.25, -0.2) is 22.9 Å². The molecule has 1 aliphatic carbocycles. The van der Waals surface area contributed by atoms with E-state index in [4.69, 9.17) is 4.74 Å². The van der Waals surface area contributed by atoms with Crippen molar-refractivity contribution in [3.63, 3.8) is 0 Å². The number of Topliss-reactive ketones (excluding diaryl/α,β-unsaturated/α-hetero) is 1. The Labute approximate surface area is 209 Å². The van der Waals surface area contributed by atoms with Gasteiger partial charge in [-0.1, -0.05) is 32.0 Å². The van der Waals surface area contributed by atoms with Gasteiger partial charge < -0.3 is 9.30 Å². The number of hydrogen-bond acceptors (Lipinski definition) is 7. The SMILES string of the molecule is CCOC(=O)NS(=O)(=O)c1sc(CC(C)C)cc1-c1cccc(C(=O)Cn2ccnc2C2CC2)c1. The monoisotopic (exact) mass is 515 g/mol. The molecular formula is C25H29N3O5S2. The molecule has 4 rings (SSSR count). The molecule has 0 aliphatic heterocycles. The average molecular weight is 516 g/mol. The Morgan fingerprint density at radius 1 is 1.26 bits per heavy atom. The fourth-order valence-electron chi connectivity index (χ4n) is 3.91. The first kappa shape index (κ1) is 25.1. The third-order valence-corrected chi connectivity index (χ3v) is 8.60. The summed E-state index contributed by atoms with van der Waals surface area (Å²) in [5.74, 6) is 1.59. The average Bonchev–Trinajstić information content (AvgIpc) is 3.37. The lowest BCUT2D eigenvalue weighted by Crippen LogP contribution is -2.30. The van der Waals surface area contributed by atoms with Crippen LogP contribution in [0.3, 0.4) is 0 Å². The topological polar surface area (TPSA) is 107 Å². The maximum absolute atomic E-state index is 13.1. The van der Waals surface area contributed by atoms with Crippen molar-refractivity contribution in [2.24, 2.45) is 5.92 Å². The Morgan fingerprint density at radius 2 is 2.03 bits per heavy atom. The van der Waals surface area contributed by atoms with Crippen LogP contribution >= 0.6 is 11.3 Å². The highest BCUT2D eigenvalue weighted by Crippen LogP contribution is 2.39. The number of aromatic nitrogens is 2. The van der Waals surface area contributed by atoms with E-state index in [0.717, 1.165) is 34.9 Å². The molecule has 10 heteroatoms. The molecule has 2 heterocycles. The number of imidazole rings is 1. The fraction of sp³-hybridized carbons (Fsp3) is 0.400. The van der Waals surface area contributed by atoms with Gasteiger partial charge in [-0.3, -0.25) is 4.79 Å². The van der Waals surface area contributed by atoms with Crippen LogP contribution in [-0.2, 0) is 27.7 Å². The molecule has 186 valence electrons. The van der Waals surface area contributed by atoms with Crippen LogP contribution in [0.15, 0.2) is 46.9 Å². The highest BCUT2D eigenvalue weighted by atomic mass is 32.2. The first-order chi connectivity index (χ1) is 16.7. The van der Waals surface area contributed by atoms with Gasteiger partial charge in [0.15, 0.2) is 5.78 Å². The first-order valence-corrected chi connectivity index (χ1v) is 13.9. The summed E-state index contributed by atoms with van der Waals surface area (Å²) in [5, 5.41) is 0. The third kappa shape index (κ3) is 5.99. The second kappa shape index (κ2) is 10.3. The van der Waals surface area contributed by atoms with E-state index >= 15 is 0 Å². The maximum atomic E-state index is 13.1. The fourth-order valence-corrected chi connectivity index (χ4v) is 6.75. The molecule has 0 saturated heterocycles. The molecule has 1 aromatic carbocycles. The molecule has 0 radical (unpaired) electrons. The van der Waals surface area contributed by atoms with Crippen molar-refractivity contribution in [3.8, 4) is 11.1 Å². The van der Waals surface area contributed by atoms with Gasteiger partial charge >= 0.3 is 6.09 Å². The lowest BCUT2D eigenvalue weighted by molar-refractivity contribution is 0.0971. The Balaban J connectivity index is 1.66. The van der Waals surface area contributed by atoms with Crippen LogP contribution in [0.4, 0.5) is 4.79 Å². The maximum Gasteiger partial charge on any atom is 0.421 e. The summed E-state index contributed by atoms with van der Waals surface area (Å²) in [7, 11) is -4.16. The molecule has 35 heavy (non-hydrogen) atoms. The number of rotatable bonds is 10. The van der Waals surface area contributed by atoms with Crippen molar-refractivity contribution in [2.75, 3.05) is 6.61 Å². The second-order valence-corrected chi connectivity index (χ2v) is 12.0. The largest absolute Gasteiger partial charge is 0.449 e. The van der Waals surface area contributed by atoms with Crippen molar-refractivity contribution in [3.05, 3.63) is 59.0 Å². The summed E-state index contributed by atoms with van der Waals surface area (Å²) in [6, 6.07) is 8.78. The minimum absolute atomic E-state index is 0.0245. The van der Waals surface area contributed by atoms with Gasteiger partial charge in [-0.2, -0.15) is 0 Å². The van der Waals surface area contributed by atoms with E-state index in [9.17, 15) is 18.0 Å². The second-order valence-electron chi connectivity index (χ2n) is 9.03. The van der Waals surface area contributed by atoms with Crippen LogP contribution in [0.25, 0.3) is 11.1 Å². The van der Waals surface area contributed by atoms with Crippen LogP contribution in [0, 0.1) is 5.92 Å². The molecule has 3 aromatic rings. The Hall–Kier alpha value is -2.98. The number of carbonyl (C=O) groups excluding carboxylic acids is 2. The number of sulfonamides is 1. The summed E-state index contributed by atoms with van der Waals surface area (Å²) < 4.78 is 34.8. The predicted molar refractivity (Wildman–Crippen MR) is 134 cm³/mol. The first-order valence-electron chi connectivity index (χ1n) is 11.6. The van der Waals surface area contributed by atoms with Crippen LogP contribution in [-0.4, -0.2) is 36.5 Å². The summed E-state index contributed by atoms with van der Waals surface area (Å²) in [6.45, 7) is 5.93. The molecule has 0 unspecified atom stereocenters. The number of ether oxygens (including phenoxy) is 1. The number of carbonyl (C=O) groups is 2. The lowest BCUT2D eigenvalue weighted by atomic mass is 10.0. The van der Waals surface area contributed by atoms with Crippen LogP contribution < -0.4 is 4.72 Å². The third-order valence-electron chi connectivity index (χ3n) is 5.60. The van der Waals surface area contributed by atoms with Crippen molar-refractivity contribution >= 4 is 33.2 Å². The molecule has 2 aromatic heterocycles. The molecule has 1 N–H and O–H groups in total. The van der Waals surface area contributed by atoms with E-state index in [1.807, 2.05) is 21.6 Å². The van der Waals surface area contributed by atoms with Crippen molar-refractivity contribution < 1.29 is 22.7 Å². The minimum Gasteiger partial charge on any atom is -0.449 e. The highest BCUT2D eigenvalue weighted by molar-refractivity contribution is 7.92. The van der Waals surface area contributed by atoms with Crippen LogP contribution in [0.1, 0.15) is 60.6 Å². The lowest BCUT2D eigenvalue weighted by Gasteiger charge is -2.10. The van der Waals surface area contributed by atoms with Gasteiger partial charge in [0.2, 0.25) is 0 Å². The van der Waals surface area contributed by atoms with Gasteiger partial charge in [0.1, 0.15) is 10.0 Å². The number of benzene rings is 1. The van der Waals surface area contributed by atoms with E-state index in [1.165, 1.54) is 0 Å². The molecule has 1 amide bonds. The predicted octanol–water partition coefficient (Wildman–Crippen LogP) is 5.01. The zero-order valence-electron chi connectivity index (χ0n) is 20.0. The van der Waals surface area contributed by atoms with Gasteiger partial charge in [0, 0.05) is 34.3 Å². The number of thiophene rings is 1. The summed E-state index contributed by atoms with van der Waals surface area (Å²) >= 11 is 1.12. The van der Waals surface area contributed by atoms with Crippen molar-refractivity contribution in [1.29, 1.82) is 0 Å². The van der Waals surface area contributed by atoms with E-state index in [2.05, 4.69) is 18.8 Å². The molecule has 1 aliphatic rings. The molecule has 0 bridgehead atoms. The molecule has 8 nitrogen and oxygen atoms in total. The van der Waals surface area contributed by atoms with E-state index in [1.54, 1.807) is 37.4 Å². The standard InChI is InChI=1S/C25H29N3O5S2/c1-4-33-25(30)27-35(31,32)24-21(14-20(34-24)12-16(2)3)18-6-5-7-19(13-18)22(29)15-28-11-10-26-23(28)17-8-9-17/h5-7,10-11,13-14,16-17H,4,8-9,12,15H2,1-3H3,(H,27,30). The molecule has 0 spiro atoms. The van der Waals surface area contributed by atoms with Crippen molar-refractivity contribution in [1.82, 2.24) is 14.3 Å². The van der Waals surface area contributed by atoms with Crippen LogP contribution in [0.2, 0.25) is 0 Å². The van der Waals surface area contributed by atoms with Gasteiger partial charge in [0.05, 0.1) is 13.2 Å². The summed E-state index contributed by atoms with van der Waals surface area (Å²) in [5.41, 5.74) is 1.54. The van der Waals surface area contributed by atoms with Gasteiger partial charge in [-0.05, 0) is 49.8 Å². The van der Waals surface area contributed by atoms with E-state index < -0.39 is 16.1 Å². The van der Waals surface area contributed by atoms with E-state index in [0.29, 0.717) is 34.9 Å². The Morgan fingerprint density at radius 3 is 2.71 bits per heavy atom. The minimum atomic E-state index is -4.16. The molecule has 0 atom stereocenters. The van der Waals surface area contributed by atoms with Gasteiger partial charge in [-0.15, -0.1) is 11.3 Å². The zero-order chi connectivity index (χ0) is 25.2.